The summed E-state index contributed by atoms with van der Waals surface area (Å²) in [5.41, 5.74) is 0.694. The number of aliphatic hydroxyl groups is 1. The van der Waals surface area contributed by atoms with Gasteiger partial charge in [-0.05, 0) is 51.7 Å². The van der Waals surface area contributed by atoms with E-state index in [1.165, 1.54) is 12.1 Å². The molecular formula is C13H22N2O3S. The Labute approximate surface area is 115 Å². The molecule has 1 aromatic carbocycles. The highest BCUT2D eigenvalue weighted by Gasteiger charge is 2.17. The fraction of sp³-hybridized carbons (Fsp3) is 0.538. The zero-order valence-electron chi connectivity index (χ0n) is 11.6. The lowest BCUT2D eigenvalue weighted by Gasteiger charge is -2.17. The molecule has 0 spiro atoms. The Morgan fingerprint density at radius 2 is 1.84 bits per heavy atom. The van der Waals surface area contributed by atoms with Gasteiger partial charge >= 0.3 is 0 Å². The Bertz CT molecular complexity index is 483. The van der Waals surface area contributed by atoms with Crippen molar-refractivity contribution in [2.75, 3.05) is 20.6 Å². The minimum Gasteiger partial charge on any atom is -0.392 e. The average molecular weight is 286 g/mol. The summed E-state index contributed by atoms with van der Waals surface area (Å²) in [6.45, 7) is 2.59. The van der Waals surface area contributed by atoms with Gasteiger partial charge in [-0.15, -0.1) is 0 Å². The molecule has 0 aliphatic heterocycles. The van der Waals surface area contributed by atoms with Gasteiger partial charge in [0.1, 0.15) is 0 Å². The van der Waals surface area contributed by atoms with Crippen molar-refractivity contribution in [3.05, 3.63) is 29.8 Å². The monoisotopic (exact) mass is 286 g/mol. The second kappa shape index (κ2) is 7.00. The normalized spacial score (nSPS) is 13.7. The average Bonchev–Trinajstić information content (AvgIpc) is 2.36. The Morgan fingerprint density at radius 1 is 1.26 bits per heavy atom. The van der Waals surface area contributed by atoms with Crippen LogP contribution in [0.3, 0.4) is 0 Å². The summed E-state index contributed by atoms with van der Waals surface area (Å²) in [5.74, 6) is 0. The van der Waals surface area contributed by atoms with Crippen LogP contribution in [-0.4, -0.2) is 45.1 Å². The Hall–Kier alpha value is -0.950. The van der Waals surface area contributed by atoms with Gasteiger partial charge in [0.25, 0.3) is 0 Å². The molecule has 0 bridgehead atoms. The van der Waals surface area contributed by atoms with Crippen molar-refractivity contribution in [3.63, 3.8) is 0 Å². The maximum atomic E-state index is 12.1. The number of hydrogen-bond donors (Lipinski definition) is 2. The highest BCUT2D eigenvalue weighted by Crippen LogP contribution is 2.11. The van der Waals surface area contributed by atoms with Gasteiger partial charge in [0.15, 0.2) is 0 Å². The molecule has 0 heterocycles. The minimum atomic E-state index is -3.48. The quantitative estimate of drug-likeness (QED) is 0.778. The predicted molar refractivity (Wildman–Crippen MR) is 75.3 cm³/mol. The molecule has 0 amide bonds. The molecule has 1 atom stereocenters. The van der Waals surface area contributed by atoms with Crippen molar-refractivity contribution in [2.45, 2.75) is 30.9 Å². The molecule has 0 aliphatic carbocycles. The van der Waals surface area contributed by atoms with Gasteiger partial charge in [0.2, 0.25) is 10.0 Å². The van der Waals surface area contributed by atoms with E-state index >= 15 is 0 Å². The van der Waals surface area contributed by atoms with E-state index in [9.17, 15) is 8.42 Å². The van der Waals surface area contributed by atoms with Gasteiger partial charge in [-0.3, -0.25) is 0 Å². The van der Waals surface area contributed by atoms with Crippen LogP contribution in [0.25, 0.3) is 0 Å². The SMILES string of the molecule is CC(CCN(C)C)NS(=O)(=O)c1ccc(CO)cc1. The maximum Gasteiger partial charge on any atom is 0.240 e. The summed E-state index contributed by atoms with van der Waals surface area (Å²) in [6, 6.07) is 6.11. The summed E-state index contributed by atoms with van der Waals surface area (Å²) in [4.78, 5) is 2.24. The number of sulfonamides is 1. The largest absolute Gasteiger partial charge is 0.392 e. The predicted octanol–water partition coefficient (Wildman–Crippen LogP) is 0.797. The number of rotatable bonds is 7. The standard InChI is InChI=1S/C13H22N2O3S/c1-11(8-9-15(2)3)14-19(17,18)13-6-4-12(10-16)5-7-13/h4-7,11,14,16H,8-10H2,1-3H3. The molecule has 1 rings (SSSR count). The van der Waals surface area contributed by atoms with E-state index in [2.05, 4.69) is 4.72 Å². The molecule has 19 heavy (non-hydrogen) atoms. The van der Waals surface area contributed by atoms with Crippen LogP contribution in [0.15, 0.2) is 29.2 Å². The summed E-state index contributed by atoms with van der Waals surface area (Å²) < 4.78 is 26.8. The smallest absolute Gasteiger partial charge is 0.240 e. The number of nitrogens with one attached hydrogen (secondary N) is 1. The fourth-order valence-corrected chi connectivity index (χ4v) is 2.90. The van der Waals surface area contributed by atoms with Gasteiger partial charge in [0, 0.05) is 6.04 Å². The van der Waals surface area contributed by atoms with E-state index in [0.717, 1.165) is 13.0 Å². The minimum absolute atomic E-state index is 0.0903. The molecule has 5 nitrogen and oxygen atoms in total. The topological polar surface area (TPSA) is 69.6 Å². The molecule has 6 heteroatoms. The summed E-state index contributed by atoms with van der Waals surface area (Å²) in [6.07, 6.45) is 0.751. The molecule has 0 aliphatic rings. The first-order valence-electron chi connectivity index (χ1n) is 6.22. The Morgan fingerprint density at radius 3 is 2.32 bits per heavy atom. The summed E-state index contributed by atoms with van der Waals surface area (Å²) in [5, 5.41) is 8.93. The molecule has 2 N–H and O–H groups in total. The number of aliphatic hydroxyl groups excluding tert-OH is 1. The molecule has 0 aromatic heterocycles. The van der Waals surface area contributed by atoms with Crippen molar-refractivity contribution in [3.8, 4) is 0 Å². The zero-order chi connectivity index (χ0) is 14.5. The van der Waals surface area contributed by atoms with Gasteiger partial charge in [0.05, 0.1) is 11.5 Å². The highest BCUT2D eigenvalue weighted by molar-refractivity contribution is 7.89. The number of nitrogens with zero attached hydrogens (tertiary/aromatic N) is 1. The lowest BCUT2D eigenvalue weighted by Crippen LogP contribution is -2.34. The Balaban J connectivity index is 2.69. The third-order valence-electron chi connectivity index (χ3n) is 2.78. The van der Waals surface area contributed by atoms with Gasteiger partial charge in [-0.25, -0.2) is 13.1 Å². The van der Waals surface area contributed by atoms with E-state index in [0.29, 0.717) is 5.56 Å². The number of hydrogen-bond acceptors (Lipinski definition) is 4. The molecule has 0 saturated heterocycles. The van der Waals surface area contributed by atoms with Gasteiger partial charge in [-0.1, -0.05) is 12.1 Å². The molecule has 0 saturated carbocycles. The van der Waals surface area contributed by atoms with Crippen LogP contribution < -0.4 is 4.72 Å². The van der Waals surface area contributed by atoms with Crippen LogP contribution in [0, 0.1) is 0 Å². The molecule has 1 unspecified atom stereocenters. The zero-order valence-corrected chi connectivity index (χ0v) is 12.4. The Kier molecular flexibility index (Phi) is 5.93. The second-order valence-electron chi connectivity index (χ2n) is 4.92. The van der Waals surface area contributed by atoms with E-state index in [4.69, 9.17) is 5.11 Å². The molecule has 0 fully saturated rings. The number of benzene rings is 1. The molecular weight excluding hydrogens is 264 g/mol. The van der Waals surface area contributed by atoms with Gasteiger partial charge in [-0.2, -0.15) is 0 Å². The summed E-state index contributed by atoms with van der Waals surface area (Å²) in [7, 11) is 0.424. The van der Waals surface area contributed by atoms with E-state index < -0.39 is 10.0 Å². The highest BCUT2D eigenvalue weighted by atomic mass is 32.2. The van der Waals surface area contributed by atoms with Crippen molar-refractivity contribution in [1.82, 2.24) is 9.62 Å². The lowest BCUT2D eigenvalue weighted by molar-refractivity contribution is 0.282. The first kappa shape index (κ1) is 16.1. The van der Waals surface area contributed by atoms with Crippen LogP contribution in [-0.2, 0) is 16.6 Å². The van der Waals surface area contributed by atoms with Crippen molar-refractivity contribution >= 4 is 10.0 Å². The maximum absolute atomic E-state index is 12.1. The first-order valence-corrected chi connectivity index (χ1v) is 7.70. The fourth-order valence-electron chi connectivity index (χ4n) is 1.62. The van der Waals surface area contributed by atoms with Crippen LogP contribution >= 0.6 is 0 Å². The van der Waals surface area contributed by atoms with Crippen molar-refractivity contribution < 1.29 is 13.5 Å². The van der Waals surface area contributed by atoms with Crippen LogP contribution in [0.4, 0.5) is 0 Å². The van der Waals surface area contributed by atoms with Gasteiger partial charge < -0.3 is 10.0 Å². The van der Waals surface area contributed by atoms with Crippen molar-refractivity contribution in [2.24, 2.45) is 0 Å². The third kappa shape index (κ3) is 5.28. The van der Waals surface area contributed by atoms with E-state index in [1.54, 1.807) is 12.1 Å². The van der Waals surface area contributed by atoms with Crippen molar-refractivity contribution in [1.29, 1.82) is 0 Å². The third-order valence-corrected chi connectivity index (χ3v) is 4.39. The second-order valence-corrected chi connectivity index (χ2v) is 6.63. The molecule has 108 valence electrons. The van der Waals surface area contributed by atoms with Crippen LogP contribution in [0.5, 0.6) is 0 Å². The first-order chi connectivity index (χ1) is 8.85. The molecule has 0 radical (unpaired) electrons. The van der Waals surface area contributed by atoms with E-state index in [1.807, 2.05) is 25.9 Å². The molecule has 1 aromatic rings. The van der Waals surface area contributed by atoms with Crippen LogP contribution in [0.1, 0.15) is 18.9 Å². The van der Waals surface area contributed by atoms with Crippen LogP contribution in [0.2, 0.25) is 0 Å². The lowest BCUT2D eigenvalue weighted by atomic mass is 10.2. The summed E-state index contributed by atoms with van der Waals surface area (Å²) >= 11 is 0. The van der Waals surface area contributed by atoms with E-state index in [-0.39, 0.29) is 17.5 Å².